The summed E-state index contributed by atoms with van der Waals surface area (Å²) in [7, 11) is 0. The monoisotopic (exact) mass is 235 g/mol. The third-order valence-electron chi connectivity index (χ3n) is 2.99. The van der Waals surface area contributed by atoms with Crippen LogP contribution in [0.2, 0.25) is 0 Å². The topological polar surface area (TPSA) is 47.5 Å². The summed E-state index contributed by atoms with van der Waals surface area (Å²) in [6, 6.07) is 9.99. The Hall–Kier alpha value is -1.10. The van der Waals surface area contributed by atoms with Crippen LogP contribution in [-0.2, 0) is 0 Å². The Morgan fingerprint density at radius 1 is 1.24 bits per heavy atom. The van der Waals surface area contributed by atoms with Gasteiger partial charge in [-0.25, -0.2) is 0 Å². The van der Waals surface area contributed by atoms with E-state index < -0.39 is 0 Å². The number of hydrogen-bond donors (Lipinski definition) is 3. The first-order valence-corrected chi connectivity index (χ1v) is 6.24. The van der Waals surface area contributed by atoms with Gasteiger partial charge in [-0.3, -0.25) is 4.90 Å². The molecule has 0 spiro atoms. The molecule has 4 nitrogen and oxygen atoms in total. The molecule has 0 saturated carbocycles. The highest BCUT2D eigenvalue weighted by Crippen LogP contribution is 2.05. The highest BCUT2D eigenvalue weighted by molar-refractivity contribution is 5.42. The van der Waals surface area contributed by atoms with Crippen LogP contribution in [-0.4, -0.2) is 55.4 Å². The van der Waals surface area contributed by atoms with Crippen LogP contribution < -0.4 is 10.6 Å². The number of benzene rings is 1. The van der Waals surface area contributed by atoms with E-state index >= 15 is 0 Å². The van der Waals surface area contributed by atoms with Crippen molar-refractivity contribution < 1.29 is 5.11 Å². The van der Waals surface area contributed by atoms with Gasteiger partial charge in [0.15, 0.2) is 0 Å². The van der Waals surface area contributed by atoms with E-state index in [1.54, 1.807) is 0 Å². The normalized spacial score (nSPS) is 18.9. The third kappa shape index (κ3) is 4.34. The van der Waals surface area contributed by atoms with Crippen LogP contribution in [0, 0.1) is 0 Å². The van der Waals surface area contributed by atoms with Gasteiger partial charge in [0.25, 0.3) is 0 Å². The van der Waals surface area contributed by atoms with Crippen molar-refractivity contribution in [2.75, 3.05) is 44.6 Å². The molecule has 1 aromatic rings. The molecule has 1 aromatic carbocycles. The van der Waals surface area contributed by atoms with E-state index in [1.165, 1.54) is 0 Å². The van der Waals surface area contributed by atoms with Crippen molar-refractivity contribution >= 4 is 5.69 Å². The number of β-amino-alcohol motifs (C(OH)–C–C–N with tert-alkyl or cyclic N) is 1. The SMILES string of the molecule is O[C@H](CNc1ccccc1)CN1CCNCC1. The Balaban J connectivity index is 1.68. The van der Waals surface area contributed by atoms with Gasteiger partial charge in [-0.2, -0.15) is 0 Å². The summed E-state index contributed by atoms with van der Waals surface area (Å²) < 4.78 is 0. The molecule has 1 heterocycles. The lowest BCUT2D eigenvalue weighted by molar-refractivity contribution is 0.114. The van der Waals surface area contributed by atoms with E-state index in [1.807, 2.05) is 30.3 Å². The molecule has 1 saturated heterocycles. The molecule has 0 aromatic heterocycles. The van der Waals surface area contributed by atoms with Crippen molar-refractivity contribution in [2.24, 2.45) is 0 Å². The molecule has 4 heteroatoms. The van der Waals surface area contributed by atoms with Gasteiger partial charge in [0.2, 0.25) is 0 Å². The number of anilines is 1. The smallest absolute Gasteiger partial charge is 0.0839 e. The minimum Gasteiger partial charge on any atom is -0.390 e. The lowest BCUT2D eigenvalue weighted by Crippen LogP contribution is -2.47. The first kappa shape index (κ1) is 12.4. The zero-order valence-electron chi connectivity index (χ0n) is 10.1. The average molecular weight is 235 g/mol. The molecule has 1 aliphatic heterocycles. The van der Waals surface area contributed by atoms with Gasteiger partial charge in [-0.05, 0) is 12.1 Å². The maximum atomic E-state index is 9.94. The highest BCUT2D eigenvalue weighted by Gasteiger charge is 2.13. The van der Waals surface area contributed by atoms with E-state index in [9.17, 15) is 5.11 Å². The zero-order valence-corrected chi connectivity index (χ0v) is 10.1. The van der Waals surface area contributed by atoms with Crippen molar-refractivity contribution in [3.8, 4) is 0 Å². The summed E-state index contributed by atoms with van der Waals surface area (Å²) in [5.74, 6) is 0. The Bertz CT molecular complexity index is 312. The van der Waals surface area contributed by atoms with Crippen LogP contribution in [0.15, 0.2) is 30.3 Å². The summed E-state index contributed by atoms with van der Waals surface area (Å²) in [6.07, 6.45) is -0.312. The van der Waals surface area contributed by atoms with Crippen LogP contribution in [0.25, 0.3) is 0 Å². The largest absolute Gasteiger partial charge is 0.390 e. The molecule has 3 N–H and O–H groups in total. The molecule has 0 amide bonds. The van der Waals surface area contributed by atoms with Crippen molar-refractivity contribution in [3.05, 3.63) is 30.3 Å². The molecule has 17 heavy (non-hydrogen) atoms. The number of aliphatic hydroxyl groups excluding tert-OH is 1. The van der Waals surface area contributed by atoms with Crippen LogP contribution in [0.4, 0.5) is 5.69 Å². The second-order valence-corrected chi connectivity index (χ2v) is 4.45. The number of aliphatic hydroxyl groups is 1. The summed E-state index contributed by atoms with van der Waals surface area (Å²) in [6.45, 7) is 5.47. The lowest BCUT2D eigenvalue weighted by atomic mass is 10.2. The summed E-state index contributed by atoms with van der Waals surface area (Å²) in [5, 5.41) is 16.5. The molecular formula is C13H21N3O. The van der Waals surface area contributed by atoms with Gasteiger partial charge in [-0.15, -0.1) is 0 Å². The molecular weight excluding hydrogens is 214 g/mol. The Morgan fingerprint density at radius 2 is 1.94 bits per heavy atom. The van der Waals surface area contributed by atoms with Gasteiger partial charge in [-0.1, -0.05) is 18.2 Å². The average Bonchev–Trinajstić information content (AvgIpc) is 2.39. The van der Waals surface area contributed by atoms with E-state index in [-0.39, 0.29) is 6.10 Å². The Morgan fingerprint density at radius 3 is 2.65 bits per heavy atom. The van der Waals surface area contributed by atoms with E-state index in [0.717, 1.165) is 38.4 Å². The standard InChI is InChI=1S/C13H21N3O/c17-13(11-16-8-6-14-7-9-16)10-15-12-4-2-1-3-5-12/h1-5,13-15,17H,6-11H2/t13-/m1/s1. The van der Waals surface area contributed by atoms with Crippen molar-refractivity contribution in [2.45, 2.75) is 6.10 Å². The molecule has 1 fully saturated rings. The number of rotatable bonds is 5. The maximum absolute atomic E-state index is 9.94. The summed E-state index contributed by atoms with van der Waals surface area (Å²) in [5.41, 5.74) is 1.06. The molecule has 1 aliphatic rings. The first-order valence-electron chi connectivity index (χ1n) is 6.24. The third-order valence-corrected chi connectivity index (χ3v) is 2.99. The highest BCUT2D eigenvalue weighted by atomic mass is 16.3. The Labute approximate surface area is 103 Å². The van der Waals surface area contributed by atoms with Crippen LogP contribution in [0.1, 0.15) is 0 Å². The minimum atomic E-state index is -0.312. The van der Waals surface area contributed by atoms with Gasteiger partial charge in [0.1, 0.15) is 0 Å². The fraction of sp³-hybridized carbons (Fsp3) is 0.538. The predicted molar refractivity (Wildman–Crippen MR) is 70.2 cm³/mol. The maximum Gasteiger partial charge on any atom is 0.0839 e. The molecule has 0 aliphatic carbocycles. The molecule has 0 unspecified atom stereocenters. The van der Waals surface area contributed by atoms with Gasteiger partial charge < -0.3 is 15.7 Å². The number of para-hydroxylation sites is 1. The Kier molecular flexibility index (Phi) is 4.79. The van der Waals surface area contributed by atoms with Crippen LogP contribution in [0.3, 0.4) is 0 Å². The van der Waals surface area contributed by atoms with Crippen molar-refractivity contribution in [1.82, 2.24) is 10.2 Å². The molecule has 0 bridgehead atoms. The molecule has 0 radical (unpaired) electrons. The zero-order chi connectivity index (χ0) is 11.9. The second-order valence-electron chi connectivity index (χ2n) is 4.45. The summed E-state index contributed by atoms with van der Waals surface area (Å²) in [4.78, 5) is 2.30. The number of hydrogen-bond acceptors (Lipinski definition) is 4. The quantitative estimate of drug-likeness (QED) is 0.690. The van der Waals surface area contributed by atoms with Crippen molar-refractivity contribution in [1.29, 1.82) is 0 Å². The number of nitrogens with zero attached hydrogens (tertiary/aromatic N) is 1. The fourth-order valence-electron chi connectivity index (χ4n) is 2.05. The van der Waals surface area contributed by atoms with Crippen LogP contribution in [0.5, 0.6) is 0 Å². The van der Waals surface area contributed by atoms with Gasteiger partial charge >= 0.3 is 0 Å². The predicted octanol–water partition coefficient (Wildman–Crippen LogP) is 0.365. The first-order chi connectivity index (χ1) is 8.34. The van der Waals surface area contributed by atoms with Gasteiger partial charge in [0.05, 0.1) is 6.10 Å². The van der Waals surface area contributed by atoms with Crippen molar-refractivity contribution in [3.63, 3.8) is 0 Å². The lowest BCUT2D eigenvalue weighted by Gasteiger charge is -2.29. The van der Waals surface area contributed by atoms with Gasteiger partial charge in [0, 0.05) is 45.0 Å². The van der Waals surface area contributed by atoms with E-state index in [2.05, 4.69) is 15.5 Å². The van der Waals surface area contributed by atoms with E-state index in [4.69, 9.17) is 0 Å². The molecule has 1 atom stereocenters. The second kappa shape index (κ2) is 6.59. The number of piperazine rings is 1. The molecule has 2 rings (SSSR count). The molecule has 94 valence electrons. The summed E-state index contributed by atoms with van der Waals surface area (Å²) >= 11 is 0. The van der Waals surface area contributed by atoms with E-state index in [0.29, 0.717) is 6.54 Å². The minimum absolute atomic E-state index is 0.312. The fourth-order valence-corrected chi connectivity index (χ4v) is 2.05. The number of nitrogens with one attached hydrogen (secondary N) is 2. The van der Waals surface area contributed by atoms with Crippen LogP contribution >= 0.6 is 0 Å².